The minimum Gasteiger partial charge on any atom is -0.388 e. The first-order valence-electron chi connectivity index (χ1n) is 10.4. The fourth-order valence-corrected chi connectivity index (χ4v) is 4.78. The molecule has 7 nitrogen and oxygen atoms in total. The van der Waals surface area contributed by atoms with Gasteiger partial charge in [0.25, 0.3) is 5.92 Å². The molecule has 0 aliphatic carbocycles. The lowest BCUT2D eigenvalue weighted by Gasteiger charge is -2.30. The van der Waals surface area contributed by atoms with E-state index in [9.17, 15) is 18.7 Å². The molecule has 0 aromatic rings. The molecule has 2 N–H and O–H groups in total. The van der Waals surface area contributed by atoms with E-state index in [1.54, 1.807) is 0 Å². The number of carbonyl (C=O) groups is 1. The lowest BCUT2D eigenvalue weighted by atomic mass is 10.0. The molecule has 4 aliphatic heterocycles. The second-order valence-corrected chi connectivity index (χ2v) is 8.77. The van der Waals surface area contributed by atoms with E-state index in [2.05, 4.69) is 17.3 Å². The predicted octanol–water partition coefficient (Wildman–Crippen LogP) is 0.214. The molecule has 9 heteroatoms. The fraction of sp³-hybridized carbons (Fsp3) is 0.947. The molecule has 5 atom stereocenters. The molecule has 0 spiro atoms. The van der Waals surface area contributed by atoms with Crippen molar-refractivity contribution < 1.29 is 28.2 Å². The fourth-order valence-electron chi connectivity index (χ4n) is 4.78. The molecule has 0 bridgehead atoms. The van der Waals surface area contributed by atoms with Crippen molar-refractivity contribution in [1.29, 1.82) is 0 Å². The summed E-state index contributed by atoms with van der Waals surface area (Å²) >= 11 is 0. The lowest BCUT2D eigenvalue weighted by molar-refractivity contribution is -0.135. The molecule has 4 saturated heterocycles. The summed E-state index contributed by atoms with van der Waals surface area (Å²) in [5, 5.41) is 14.1. The average Bonchev–Trinajstić information content (AvgIpc) is 3.29. The minimum atomic E-state index is -2.78. The molecule has 4 heterocycles. The quantitative estimate of drug-likeness (QED) is 0.684. The highest BCUT2D eigenvalue weighted by molar-refractivity contribution is 5.77. The molecule has 160 valence electrons. The number of aliphatic hydroxyl groups excluding tert-OH is 1. The van der Waals surface area contributed by atoms with Gasteiger partial charge in [0, 0.05) is 32.0 Å². The summed E-state index contributed by atoms with van der Waals surface area (Å²) < 4.78 is 38.4. The molecule has 28 heavy (non-hydrogen) atoms. The Balaban J connectivity index is 1.20. The summed E-state index contributed by atoms with van der Waals surface area (Å²) in [6, 6.07) is 0.442. The third-order valence-electron chi connectivity index (χ3n) is 6.53. The van der Waals surface area contributed by atoms with Gasteiger partial charge < -0.3 is 29.7 Å². The van der Waals surface area contributed by atoms with E-state index in [4.69, 9.17) is 9.47 Å². The van der Waals surface area contributed by atoms with Crippen molar-refractivity contribution >= 4 is 5.91 Å². The summed E-state index contributed by atoms with van der Waals surface area (Å²) in [5.41, 5.74) is 0. The molecule has 0 saturated carbocycles. The number of aliphatic hydroxyl groups is 1. The van der Waals surface area contributed by atoms with E-state index in [0.29, 0.717) is 19.0 Å². The van der Waals surface area contributed by atoms with E-state index in [0.717, 1.165) is 25.9 Å². The maximum atomic E-state index is 13.3. The number of rotatable bonds is 5. The number of amides is 1. The number of likely N-dealkylation sites (tertiary alicyclic amines) is 2. The molecular weight excluding hydrogens is 372 g/mol. The predicted molar refractivity (Wildman–Crippen MR) is 97.2 cm³/mol. The van der Waals surface area contributed by atoms with Crippen LogP contribution in [0, 0.1) is 0 Å². The number of piperidine rings is 1. The first-order valence-corrected chi connectivity index (χ1v) is 10.4. The number of carbonyl (C=O) groups excluding carboxylic acids is 1. The molecular formula is C19H31F2N3O4. The van der Waals surface area contributed by atoms with E-state index in [1.165, 1.54) is 4.90 Å². The van der Waals surface area contributed by atoms with Gasteiger partial charge in [0.1, 0.15) is 12.2 Å². The number of ether oxygens (including phenoxy) is 2. The summed E-state index contributed by atoms with van der Waals surface area (Å²) in [6.07, 6.45) is 0.366. The number of hydrogen-bond donors (Lipinski definition) is 2. The summed E-state index contributed by atoms with van der Waals surface area (Å²) in [4.78, 5) is 15.8. The van der Waals surface area contributed by atoms with Gasteiger partial charge in [-0.25, -0.2) is 8.78 Å². The van der Waals surface area contributed by atoms with Gasteiger partial charge >= 0.3 is 0 Å². The van der Waals surface area contributed by atoms with Crippen molar-refractivity contribution in [2.45, 2.75) is 74.6 Å². The van der Waals surface area contributed by atoms with E-state index >= 15 is 0 Å². The summed E-state index contributed by atoms with van der Waals surface area (Å²) in [7, 11) is 2.12. The Kier molecular flexibility index (Phi) is 5.90. The second-order valence-electron chi connectivity index (χ2n) is 8.77. The summed E-state index contributed by atoms with van der Waals surface area (Å²) in [6.45, 7) is 2.31. The van der Waals surface area contributed by atoms with Crippen molar-refractivity contribution in [1.82, 2.24) is 15.1 Å². The van der Waals surface area contributed by atoms with Crippen LogP contribution in [0.1, 0.15) is 32.1 Å². The first-order chi connectivity index (χ1) is 13.3. The van der Waals surface area contributed by atoms with Gasteiger partial charge in [-0.15, -0.1) is 0 Å². The van der Waals surface area contributed by atoms with Crippen molar-refractivity contribution in [3.63, 3.8) is 0 Å². The Hall–Kier alpha value is -0.870. The van der Waals surface area contributed by atoms with Crippen LogP contribution in [0.3, 0.4) is 0 Å². The Bertz CT molecular complexity index is 573. The Morgan fingerprint density at radius 1 is 1.25 bits per heavy atom. The van der Waals surface area contributed by atoms with Crippen LogP contribution in [0.15, 0.2) is 0 Å². The topological polar surface area (TPSA) is 74.3 Å². The van der Waals surface area contributed by atoms with Crippen LogP contribution in [-0.4, -0.2) is 103 Å². The molecule has 0 unspecified atom stereocenters. The molecule has 4 rings (SSSR count). The van der Waals surface area contributed by atoms with Crippen molar-refractivity contribution in [3.05, 3.63) is 0 Å². The van der Waals surface area contributed by atoms with E-state index in [1.807, 2.05) is 0 Å². The smallest absolute Gasteiger partial charge is 0.267 e. The maximum Gasteiger partial charge on any atom is 0.267 e. The van der Waals surface area contributed by atoms with Crippen molar-refractivity contribution in [2.24, 2.45) is 0 Å². The molecule has 4 fully saturated rings. The zero-order valence-corrected chi connectivity index (χ0v) is 16.4. The van der Waals surface area contributed by atoms with Gasteiger partial charge in [-0.3, -0.25) is 4.79 Å². The average molecular weight is 403 g/mol. The molecule has 1 amide bonds. The van der Waals surface area contributed by atoms with Gasteiger partial charge in [-0.2, -0.15) is 0 Å². The number of hydrogen-bond acceptors (Lipinski definition) is 6. The molecule has 0 radical (unpaired) electrons. The number of nitrogens with one attached hydrogen (secondary N) is 1. The maximum absolute atomic E-state index is 13.3. The standard InChI is InChI=1S/C19H31F2N3O4/c1-23-5-2-12(3-6-23)22-10-15-17(26)18-14(28-15)8-13(27-18)9-16(25)24-7-4-19(20,21)11-24/h12-15,17-18,22,26H,2-11H2,1H3/t13-,14+,15+,17+,18-/m0/s1. The molecule has 0 aromatic carbocycles. The zero-order chi connectivity index (χ0) is 19.9. The van der Waals surface area contributed by atoms with Gasteiger partial charge in [0.15, 0.2) is 0 Å². The van der Waals surface area contributed by atoms with Crippen LogP contribution in [0.2, 0.25) is 0 Å². The molecule has 4 aliphatic rings. The largest absolute Gasteiger partial charge is 0.388 e. The van der Waals surface area contributed by atoms with Gasteiger partial charge in [0.05, 0.1) is 31.3 Å². The molecule has 0 aromatic heterocycles. The van der Waals surface area contributed by atoms with Gasteiger partial charge in [-0.1, -0.05) is 0 Å². The SMILES string of the molecule is CN1CCC(NC[C@H]2O[C@@H]3C[C@@H](CC(=O)N4CCC(F)(F)C4)O[C@@H]3[C@@H]2O)CC1. The van der Waals surface area contributed by atoms with Crippen LogP contribution >= 0.6 is 0 Å². The van der Waals surface area contributed by atoms with Crippen LogP contribution in [0.25, 0.3) is 0 Å². The van der Waals surface area contributed by atoms with Crippen LogP contribution in [0.5, 0.6) is 0 Å². The number of alkyl halides is 2. The summed E-state index contributed by atoms with van der Waals surface area (Å²) in [5.74, 6) is -3.09. The minimum absolute atomic E-state index is 0.0671. The van der Waals surface area contributed by atoms with E-state index in [-0.39, 0.29) is 43.6 Å². The second kappa shape index (κ2) is 8.10. The zero-order valence-electron chi connectivity index (χ0n) is 16.4. The van der Waals surface area contributed by atoms with Gasteiger partial charge in [0.2, 0.25) is 5.91 Å². The number of halogens is 2. The third kappa shape index (κ3) is 4.48. The lowest BCUT2D eigenvalue weighted by Crippen LogP contribution is -2.46. The van der Waals surface area contributed by atoms with E-state index < -0.39 is 24.7 Å². The highest BCUT2D eigenvalue weighted by Crippen LogP contribution is 2.36. The van der Waals surface area contributed by atoms with Crippen LogP contribution in [0.4, 0.5) is 8.78 Å². The van der Waals surface area contributed by atoms with Crippen LogP contribution < -0.4 is 5.32 Å². The Morgan fingerprint density at radius 3 is 2.64 bits per heavy atom. The van der Waals surface area contributed by atoms with Crippen LogP contribution in [-0.2, 0) is 14.3 Å². The van der Waals surface area contributed by atoms with Crippen molar-refractivity contribution in [3.8, 4) is 0 Å². The van der Waals surface area contributed by atoms with Gasteiger partial charge in [-0.05, 0) is 33.0 Å². The number of fused-ring (bicyclic) bond motifs is 1. The third-order valence-corrected chi connectivity index (χ3v) is 6.53. The highest BCUT2D eigenvalue weighted by Gasteiger charge is 2.51. The Labute approximate surface area is 164 Å². The normalized spacial score (nSPS) is 38.9. The monoisotopic (exact) mass is 403 g/mol. The number of nitrogens with zero attached hydrogens (tertiary/aromatic N) is 2. The Morgan fingerprint density at radius 2 is 2.00 bits per heavy atom. The first kappa shape index (κ1) is 20.4. The van der Waals surface area contributed by atoms with Crippen molar-refractivity contribution in [2.75, 3.05) is 39.8 Å². The highest BCUT2D eigenvalue weighted by atomic mass is 19.3.